The van der Waals surface area contributed by atoms with Gasteiger partial charge in [0.1, 0.15) is 0 Å². The standard InChI is InChI=1S/C16H18ClN/c1-2-11-18-12-13-7-9-14(10-8-13)15-5-3-4-6-16(15)17/h3-10,18H,2,11-12H2,1H3. The molecule has 94 valence electrons. The predicted octanol–water partition coefficient (Wildman–Crippen LogP) is 4.51. The Bertz CT molecular complexity index is 491. The summed E-state index contributed by atoms with van der Waals surface area (Å²) in [6.45, 7) is 4.16. The second-order valence-electron chi connectivity index (χ2n) is 4.35. The molecular formula is C16H18ClN. The second-order valence-corrected chi connectivity index (χ2v) is 4.76. The summed E-state index contributed by atoms with van der Waals surface area (Å²) in [5.41, 5.74) is 3.56. The molecule has 0 atom stereocenters. The molecule has 0 saturated heterocycles. The Balaban J connectivity index is 2.10. The Hall–Kier alpha value is -1.31. The fourth-order valence-corrected chi connectivity index (χ4v) is 2.15. The predicted molar refractivity (Wildman–Crippen MR) is 78.9 cm³/mol. The van der Waals surface area contributed by atoms with Crippen LogP contribution in [-0.2, 0) is 6.54 Å². The van der Waals surface area contributed by atoms with E-state index in [1.54, 1.807) is 0 Å². The highest BCUT2D eigenvalue weighted by atomic mass is 35.5. The Morgan fingerprint density at radius 3 is 2.39 bits per heavy atom. The molecule has 0 aliphatic carbocycles. The van der Waals surface area contributed by atoms with Gasteiger partial charge < -0.3 is 5.32 Å². The van der Waals surface area contributed by atoms with Crippen molar-refractivity contribution >= 4 is 11.6 Å². The van der Waals surface area contributed by atoms with Crippen molar-refractivity contribution in [2.24, 2.45) is 0 Å². The van der Waals surface area contributed by atoms with E-state index in [2.05, 4.69) is 36.5 Å². The zero-order valence-electron chi connectivity index (χ0n) is 10.6. The fraction of sp³-hybridized carbons (Fsp3) is 0.250. The van der Waals surface area contributed by atoms with E-state index in [4.69, 9.17) is 11.6 Å². The van der Waals surface area contributed by atoms with E-state index in [9.17, 15) is 0 Å². The van der Waals surface area contributed by atoms with Crippen LogP contribution < -0.4 is 5.32 Å². The Kier molecular flexibility index (Phi) is 4.80. The van der Waals surface area contributed by atoms with Crippen molar-refractivity contribution in [3.63, 3.8) is 0 Å². The molecule has 0 aliphatic heterocycles. The zero-order chi connectivity index (χ0) is 12.8. The molecule has 0 spiro atoms. The molecule has 2 heteroatoms. The molecule has 0 aromatic heterocycles. The van der Waals surface area contributed by atoms with Crippen molar-refractivity contribution < 1.29 is 0 Å². The average Bonchev–Trinajstić information content (AvgIpc) is 2.41. The molecule has 2 aromatic carbocycles. The third kappa shape index (κ3) is 3.34. The highest BCUT2D eigenvalue weighted by Gasteiger charge is 2.02. The molecule has 0 aliphatic rings. The van der Waals surface area contributed by atoms with E-state index in [0.29, 0.717) is 0 Å². The van der Waals surface area contributed by atoms with Crippen LogP contribution in [0.4, 0.5) is 0 Å². The number of nitrogens with one attached hydrogen (secondary N) is 1. The molecule has 1 N–H and O–H groups in total. The van der Waals surface area contributed by atoms with Gasteiger partial charge in [0.25, 0.3) is 0 Å². The zero-order valence-corrected chi connectivity index (χ0v) is 11.4. The molecule has 2 rings (SSSR count). The molecule has 1 nitrogen and oxygen atoms in total. The maximum atomic E-state index is 6.19. The van der Waals surface area contributed by atoms with Crippen LogP contribution in [0.3, 0.4) is 0 Å². The highest BCUT2D eigenvalue weighted by molar-refractivity contribution is 6.33. The normalized spacial score (nSPS) is 10.6. The van der Waals surface area contributed by atoms with Gasteiger partial charge in [0.05, 0.1) is 0 Å². The van der Waals surface area contributed by atoms with Crippen LogP contribution in [0.2, 0.25) is 5.02 Å². The number of hydrogen-bond acceptors (Lipinski definition) is 1. The lowest BCUT2D eigenvalue weighted by atomic mass is 10.0. The van der Waals surface area contributed by atoms with Crippen LogP contribution in [0, 0.1) is 0 Å². The molecule has 2 aromatic rings. The summed E-state index contributed by atoms with van der Waals surface area (Å²) in [4.78, 5) is 0. The Labute approximate surface area is 114 Å². The summed E-state index contributed by atoms with van der Waals surface area (Å²) in [6, 6.07) is 16.5. The molecule has 0 saturated carbocycles. The summed E-state index contributed by atoms with van der Waals surface area (Å²) in [6.07, 6.45) is 1.16. The van der Waals surface area contributed by atoms with Crippen molar-refractivity contribution in [3.8, 4) is 11.1 Å². The van der Waals surface area contributed by atoms with E-state index in [1.807, 2.05) is 24.3 Å². The molecule has 18 heavy (non-hydrogen) atoms. The van der Waals surface area contributed by atoms with Gasteiger partial charge in [0.15, 0.2) is 0 Å². The SMILES string of the molecule is CCCNCc1ccc(-c2ccccc2Cl)cc1. The van der Waals surface area contributed by atoms with Gasteiger partial charge in [-0.05, 0) is 30.2 Å². The van der Waals surface area contributed by atoms with Crippen molar-refractivity contribution in [2.75, 3.05) is 6.54 Å². The van der Waals surface area contributed by atoms with E-state index < -0.39 is 0 Å². The lowest BCUT2D eigenvalue weighted by molar-refractivity contribution is 0.675. The fourth-order valence-electron chi connectivity index (χ4n) is 1.91. The minimum absolute atomic E-state index is 0.800. The summed E-state index contributed by atoms with van der Waals surface area (Å²) >= 11 is 6.19. The van der Waals surface area contributed by atoms with Gasteiger partial charge in [-0.15, -0.1) is 0 Å². The largest absolute Gasteiger partial charge is 0.313 e. The van der Waals surface area contributed by atoms with E-state index in [1.165, 1.54) is 11.1 Å². The van der Waals surface area contributed by atoms with Gasteiger partial charge in [-0.1, -0.05) is 61.0 Å². The first kappa shape index (κ1) is 13.1. The number of benzene rings is 2. The quantitative estimate of drug-likeness (QED) is 0.780. The average molecular weight is 260 g/mol. The smallest absolute Gasteiger partial charge is 0.0484 e. The van der Waals surface area contributed by atoms with Crippen LogP contribution in [0.25, 0.3) is 11.1 Å². The Morgan fingerprint density at radius 2 is 1.72 bits per heavy atom. The first-order chi connectivity index (χ1) is 8.81. The van der Waals surface area contributed by atoms with Gasteiger partial charge in [-0.2, -0.15) is 0 Å². The van der Waals surface area contributed by atoms with Crippen molar-refractivity contribution in [2.45, 2.75) is 19.9 Å². The number of halogens is 1. The third-order valence-electron chi connectivity index (χ3n) is 2.89. The first-order valence-electron chi connectivity index (χ1n) is 6.36. The third-order valence-corrected chi connectivity index (χ3v) is 3.22. The minimum atomic E-state index is 0.800. The van der Waals surface area contributed by atoms with Gasteiger partial charge in [0.2, 0.25) is 0 Å². The van der Waals surface area contributed by atoms with Crippen LogP contribution >= 0.6 is 11.6 Å². The molecule has 0 amide bonds. The van der Waals surface area contributed by atoms with Crippen LogP contribution in [-0.4, -0.2) is 6.54 Å². The number of rotatable bonds is 5. The molecule has 0 radical (unpaired) electrons. The Morgan fingerprint density at radius 1 is 1.00 bits per heavy atom. The van der Waals surface area contributed by atoms with Crippen molar-refractivity contribution in [1.82, 2.24) is 5.32 Å². The summed E-state index contributed by atoms with van der Waals surface area (Å²) in [7, 11) is 0. The van der Waals surface area contributed by atoms with Crippen molar-refractivity contribution in [1.29, 1.82) is 0 Å². The molecule has 0 bridgehead atoms. The van der Waals surface area contributed by atoms with E-state index in [-0.39, 0.29) is 0 Å². The van der Waals surface area contributed by atoms with Gasteiger partial charge in [-0.25, -0.2) is 0 Å². The molecule has 0 heterocycles. The summed E-state index contributed by atoms with van der Waals surface area (Å²) in [5.74, 6) is 0. The van der Waals surface area contributed by atoms with Crippen LogP contribution in [0.15, 0.2) is 48.5 Å². The molecular weight excluding hydrogens is 242 g/mol. The van der Waals surface area contributed by atoms with Gasteiger partial charge in [-0.3, -0.25) is 0 Å². The van der Waals surface area contributed by atoms with Crippen LogP contribution in [0.1, 0.15) is 18.9 Å². The second kappa shape index (κ2) is 6.58. The topological polar surface area (TPSA) is 12.0 Å². The molecule has 0 fully saturated rings. The summed E-state index contributed by atoms with van der Waals surface area (Å²) in [5, 5.41) is 4.20. The first-order valence-corrected chi connectivity index (χ1v) is 6.73. The highest BCUT2D eigenvalue weighted by Crippen LogP contribution is 2.27. The van der Waals surface area contributed by atoms with Gasteiger partial charge in [0, 0.05) is 17.1 Å². The maximum Gasteiger partial charge on any atom is 0.0484 e. The van der Waals surface area contributed by atoms with Crippen molar-refractivity contribution in [3.05, 3.63) is 59.1 Å². The monoisotopic (exact) mass is 259 g/mol. The number of hydrogen-bond donors (Lipinski definition) is 1. The minimum Gasteiger partial charge on any atom is -0.313 e. The maximum absolute atomic E-state index is 6.19. The van der Waals surface area contributed by atoms with E-state index >= 15 is 0 Å². The lowest BCUT2D eigenvalue weighted by Crippen LogP contribution is -2.13. The van der Waals surface area contributed by atoms with E-state index in [0.717, 1.165) is 30.1 Å². The molecule has 0 unspecified atom stereocenters. The summed E-state index contributed by atoms with van der Waals surface area (Å²) < 4.78 is 0. The lowest BCUT2D eigenvalue weighted by Gasteiger charge is -2.07. The van der Waals surface area contributed by atoms with Gasteiger partial charge >= 0.3 is 0 Å². The van der Waals surface area contributed by atoms with Crippen LogP contribution in [0.5, 0.6) is 0 Å².